The van der Waals surface area contributed by atoms with Crippen LogP contribution < -0.4 is 0 Å². The quantitative estimate of drug-likeness (QED) is 0.640. The summed E-state index contributed by atoms with van der Waals surface area (Å²) >= 11 is 0. The Morgan fingerprint density at radius 3 is 2.90 bits per heavy atom. The minimum absolute atomic E-state index is 0.507. The first-order chi connectivity index (χ1) is 10.1. The van der Waals surface area contributed by atoms with Crippen LogP contribution in [0.2, 0.25) is 5.82 Å². The number of hydrogen-bond acceptors (Lipinski definition) is 2. The molecule has 0 spiro atoms. The van der Waals surface area contributed by atoms with Gasteiger partial charge in [0.2, 0.25) is 0 Å². The molecule has 3 aromatic rings. The average molecular weight is 277 g/mol. The topological polar surface area (TPSA) is 30.7 Å². The molecule has 0 bridgehead atoms. The molecule has 3 nitrogen and oxygen atoms in total. The van der Waals surface area contributed by atoms with Crippen molar-refractivity contribution in [2.75, 3.05) is 0 Å². The van der Waals surface area contributed by atoms with Crippen LogP contribution >= 0.6 is 0 Å². The predicted molar refractivity (Wildman–Crippen MR) is 80.5 cm³/mol. The van der Waals surface area contributed by atoms with Gasteiger partial charge in [-0.05, 0) is 48.5 Å². The molecule has 4 rings (SSSR count). The van der Waals surface area contributed by atoms with Gasteiger partial charge < -0.3 is 0 Å². The van der Waals surface area contributed by atoms with Gasteiger partial charge >= 0.3 is 0 Å². The molecule has 2 aromatic carbocycles. The van der Waals surface area contributed by atoms with E-state index in [1.807, 2.05) is 42.5 Å². The fourth-order valence-corrected chi connectivity index (χ4v) is 3.10. The van der Waals surface area contributed by atoms with Crippen molar-refractivity contribution in [3.63, 3.8) is 0 Å². The van der Waals surface area contributed by atoms with E-state index in [4.69, 9.17) is 7.85 Å². The standard InChI is InChI=1S/C16H13BFN3/c1-16(18)11-5-4-8-13(10(11)9-15(16)17)21-14-7-3-2-6-12(14)19-20-21/h2-8,15H,9H2,1H3. The van der Waals surface area contributed by atoms with Crippen LogP contribution in [0.5, 0.6) is 0 Å². The summed E-state index contributed by atoms with van der Waals surface area (Å²) in [5.74, 6) is -0.525. The first-order valence-corrected chi connectivity index (χ1v) is 6.96. The van der Waals surface area contributed by atoms with Gasteiger partial charge in [-0.15, -0.1) is 5.10 Å². The van der Waals surface area contributed by atoms with Crippen molar-refractivity contribution in [2.45, 2.75) is 24.8 Å². The van der Waals surface area contributed by atoms with E-state index >= 15 is 0 Å². The van der Waals surface area contributed by atoms with E-state index in [2.05, 4.69) is 10.3 Å². The highest BCUT2D eigenvalue weighted by molar-refractivity contribution is 6.13. The van der Waals surface area contributed by atoms with Crippen LogP contribution in [-0.4, -0.2) is 22.8 Å². The molecule has 0 amide bonds. The largest absolute Gasteiger partial charge is 0.239 e. The second-order valence-electron chi connectivity index (χ2n) is 5.68. The number of para-hydroxylation sites is 1. The van der Waals surface area contributed by atoms with Crippen molar-refractivity contribution in [1.82, 2.24) is 15.0 Å². The Balaban J connectivity index is 1.98. The first kappa shape index (κ1) is 12.6. The number of halogens is 1. The molecule has 1 aliphatic carbocycles. The maximum atomic E-state index is 14.8. The number of benzene rings is 2. The second kappa shape index (κ2) is 4.17. The Morgan fingerprint density at radius 1 is 1.24 bits per heavy atom. The van der Waals surface area contributed by atoms with Crippen molar-refractivity contribution < 1.29 is 4.39 Å². The summed E-state index contributed by atoms with van der Waals surface area (Å²) in [5, 5.41) is 8.38. The van der Waals surface area contributed by atoms with Crippen LogP contribution in [0.15, 0.2) is 42.5 Å². The highest BCUT2D eigenvalue weighted by Gasteiger charge is 2.41. The number of rotatable bonds is 1. The Bertz CT molecular complexity index is 840. The number of fused-ring (bicyclic) bond motifs is 2. The lowest BCUT2D eigenvalue weighted by Crippen LogP contribution is -2.17. The molecule has 2 radical (unpaired) electrons. The Morgan fingerprint density at radius 2 is 2.05 bits per heavy atom. The first-order valence-electron chi connectivity index (χ1n) is 6.96. The lowest BCUT2D eigenvalue weighted by Gasteiger charge is -2.20. The number of alkyl halides is 1. The van der Waals surface area contributed by atoms with Crippen molar-refractivity contribution in [3.05, 3.63) is 53.6 Å². The fraction of sp³-hybridized carbons (Fsp3) is 0.250. The van der Waals surface area contributed by atoms with Gasteiger partial charge in [0.1, 0.15) is 11.2 Å². The monoisotopic (exact) mass is 277 g/mol. The van der Waals surface area contributed by atoms with Crippen molar-refractivity contribution in [3.8, 4) is 5.69 Å². The van der Waals surface area contributed by atoms with Crippen LogP contribution in [0.25, 0.3) is 16.7 Å². The third-order valence-corrected chi connectivity index (χ3v) is 4.38. The average Bonchev–Trinajstić information content (AvgIpc) is 3.00. The van der Waals surface area contributed by atoms with E-state index in [0.717, 1.165) is 22.3 Å². The summed E-state index contributed by atoms with van der Waals surface area (Å²) in [4.78, 5) is 0. The molecule has 0 saturated heterocycles. The van der Waals surface area contributed by atoms with E-state index in [9.17, 15) is 4.39 Å². The summed E-state index contributed by atoms with van der Waals surface area (Å²) in [7, 11) is 5.98. The molecule has 102 valence electrons. The summed E-state index contributed by atoms with van der Waals surface area (Å²) in [6.07, 6.45) is 0.507. The number of hydrogen-bond donors (Lipinski definition) is 0. The Labute approximate surface area is 123 Å². The zero-order valence-corrected chi connectivity index (χ0v) is 11.6. The molecule has 0 fully saturated rings. The maximum Gasteiger partial charge on any atom is 0.128 e. The molecular weight excluding hydrogens is 264 g/mol. The summed E-state index contributed by atoms with van der Waals surface area (Å²) in [6, 6.07) is 13.3. The van der Waals surface area contributed by atoms with Crippen LogP contribution in [0.3, 0.4) is 0 Å². The van der Waals surface area contributed by atoms with Gasteiger partial charge in [-0.25, -0.2) is 9.07 Å². The van der Waals surface area contributed by atoms with Crippen LogP contribution in [0.4, 0.5) is 4.39 Å². The Kier molecular flexibility index (Phi) is 2.49. The third kappa shape index (κ3) is 1.66. The van der Waals surface area contributed by atoms with Crippen LogP contribution in [0.1, 0.15) is 18.1 Å². The molecule has 1 aliphatic rings. The SMILES string of the molecule is [B]C1Cc2c(-n3nnc4ccccc43)cccc2C1(C)F. The molecule has 1 aromatic heterocycles. The van der Waals surface area contributed by atoms with Gasteiger partial charge in [0.05, 0.1) is 19.1 Å². The van der Waals surface area contributed by atoms with Gasteiger partial charge in [-0.2, -0.15) is 0 Å². The predicted octanol–water partition coefficient (Wildman–Crippen LogP) is 3.12. The number of aromatic nitrogens is 3. The van der Waals surface area contributed by atoms with Gasteiger partial charge in [0.15, 0.2) is 0 Å². The van der Waals surface area contributed by atoms with Gasteiger partial charge in [0, 0.05) is 0 Å². The lowest BCUT2D eigenvalue weighted by molar-refractivity contribution is 0.195. The van der Waals surface area contributed by atoms with E-state index in [1.165, 1.54) is 0 Å². The normalized spacial score (nSPS) is 24.4. The van der Waals surface area contributed by atoms with E-state index < -0.39 is 11.5 Å². The van der Waals surface area contributed by atoms with Gasteiger partial charge in [0.25, 0.3) is 0 Å². The minimum Gasteiger partial charge on any atom is -0.239 e. The zero-order valence-electron chi connectivity index (χ0n) is 11.6. The fourth-order valence-electron chi connectivity index (χ4n) is 3.10. The summed E-state index contributed by atoms with van der Waals surface area (Å²) < 4.78 is 16.5. The second-order valence-corrected chi connectivity index (χ2v) is 5.68. The molecule has 2 unspecified atom stereocenters. The summed E-state index contributed by atoms with van der Waals surface area (Å²) in [6.45, 7) is 1.55. The highest BCUT2D eigenvalue weighted by atomic mass is 19.1. The van der Waals surface area contributed by atoms with Crippen molar-refractivity contribution in [1.29, 1.82) is 0 Å². The van der Waals surface area contributed by atoms with E-state index in [-0.39, 0.29) is 0 Å². The molecule has 1 heterocycles. The van der Waals surface area contributed by atoms with Gasteiger partial charge in [-0.1, -0.05) is 29.5 Å². The van der Waals surface area contributed by atoms with Crippen molar-refractivity contribution in [2.24, 2.45) is 0 Å². The molecular formula is C16H13BFN3. The zero-order chi connectivity index (χ0) is 14.6. The highest BCUT2D eigenvalue weighted by Crippen LogP contribution is 2.48. The smallest absolute Gasteiger partial charge is 0.128 e. The molecule has 2 atom stereocenters. The third-order valence-electron chi connectivity index (χ3n) is 4.38. The minimum atomic E-state index is -1.50. The van der Waals surface area contributed by atoms with Gasteiger partial charge in [-0.3, -0.25) is 0 Å². The molecule has 0 aliphatic heterocycles. The van der Waals surface area contributed by atoms with Crippen molar-refractivity contribution >= 4 is 18.9 Å². The summed E-state index contributed by atoms with van der Waals surface area (Å²) in [5.41, 5.74) is 2.67. The molecule has 0 saturated carbocycles. The van der Waals surface area contributed by atoms with E-state index in [0.29, 0.717) is 12.0 Å². The Hall–Kier alpha value is -2.17. The lowest BCUT2D eigenvalue weighted by atomic mass is 9.76. The van der Waals surface area contributed by atoms with Crippen LogP contribution in [0, 0.1) is 0 Å². The number of nitrogens with zero attached hydrogens (tertiary/aromatic N) is 3. The molecule has 5 heteroatoms. The van der Waals surface area contributed by atoms with E-state index in [1.54, 1.807) is 11.6 Å². The van der Waals surface area contributed by atoms with Crippen LogP contribution in [-0.2, 0) is 12.1 Å². The molecule has 21 heavy (non-hydrogen) atoms. The molecule has 0 N–H and O–H groups in total. The maximum absolute atomic E-state index is 14.8.